The highest BCUT2D eigenvalue weighted by molar-refractivity contribution is 7.99. The van der Waals surface area contributed by atoms with Crippen molar-refractivity contribution in [3.63, 3.8) is 0 Å². The summed E-state index contributed by atoms with van der Waals surface area (Å²) in [5.74, 6) is 0.808. The van der Waals surface area contributed by atoms with E-state index in [0.29, 0.717) is 16.9 Å². The van der Waals surface area contributed by atoms with Gasteiger partial charge in [0.2, 0.25) is 17.6 Å². The van der Waals surface area contributed by atoms with Crippen LogP contribution in [0.4, 0.5) is 0 Å². The van der Waals surface area contributed by atoms with Crippen molar-refractivity contribution in [1.82, 2.24) is 35.2 Å². The van der Waals surface area contributed by atoms with Gasteiger partial charge in [0.15, 0.2) is 5.16 Å². The van der Waals surface area contributed by atoms with E-state index >= 15 is 0 Å². The number of nitrogens with zero attached hydrogens (tertiary/aromatic N) is 6. The van der Waals surface area contributed by atoms with E-state index in [0.717, 1.165) is 11.3 Å². The predicted molar refractivity (Wildman–Crippen MR) is 106 cm³/mol. The molecule has 0 radical (unpaired) electrons. The van der Waals surface area contributed by atoms with Gasteiger partial charge in [0.05, 0.1) is 12.3 Å². The Morgan fingerprint density at radius 1 is 1.17 bits per heavy atom. The molecule has 3 heterocycles. The Bertz CT molecular complexity index is 1090. The largest absolute Gasteiger partial charge is 0.346 e. The van der Waals surface area contributed by atoms with Gasteiger partial charge in [0.25, 0.3) is 0 Å². The maximum absolute atomic E-state index is 12.2. The predicted octanol–water partition coefficient (Wildman–Crippen LogP) is 2.43. The number of thioether (sulfide) groups is 1. The third-order valence-electron chi connectivity index (χ3n) is 4.00. The molecule has 3 aromatic heterocycles. The van der Waals surface area contributed by atoms with Gasteiger partial charge in [0, 0.05) is 23.6 Å². The van der Waals surface area contributed by atoms with Crippen molar-refractivity contribution in [3.05, 3.63) is 66.6 Å². The zero-order chi connectivity index (χ0) is 20.1. The van der Waals surface area contributed by atoms with Gasteiger partial charge < -0.3 is 9.84 Å². The minimum Gasteiger partial charge on any atom is -0.346 e. The Balaban J connectivity index is 1.31. The first kappa shape index (κ1) is 18.8. The molecule has 0 fully saturated rings. The number of nitrogens with one attached hydrogen (secondary N) is 1. The van der Waals surface area contributed by atoms with Gasteiger partial charge in [-0.05, 0) is 31.2 Å². The normalized spacial score (nSPS) is 10.8. The Morgan fingerprint density at radius 3 is 2.76 bits per heavy atom. The summed E-state index contributed by atoms with van der Waals surface area (Å²) >= 11 is 1.30. The number of aryl methyl sites for hydroxylation is 1. The van der Waals surface area contributed by atoms with Crippen LogP contribution in [0, 0.1) is 6.92 Å². The van der Waals surface area contributed by atoms with Gasteiger partial charge in [-0.25, -0.2) is 0 Å². The number of aromatic nitrogens is 6. The molecule has 0 saturated heterocycles. The van der Waals surface area contributed by atoms with E-state index < -0.39 is 0 Å². The first-order valence-corrected chi connectivity index (χ1v) is 9.77. The molecule has 0 spiro atoms. The summed E-state index contributed by atoms with van der Waals surface area (Å²) in [6.07, 6.45) is 4.93. The van der Waals surface area contributed by atoms with Gasteiger partial charge >= 0.3 is 0 Å². The topological polar surface area (TPSA) is 112 Å². The molecule has 4 aromatic rings. The van der Waals surface area contributed by atoms with Crippen LogP contribution < -0.4 is 5.32 Å². The van der Waals surface area contributed by atoms with E-state index in [4.69, 9.17) is 4.52 Å². The summed E-state index contributed by atoms with van der Waals surface area (Å²) in [6.45, 7) is 2.18. The monoisotopic (exact) mass is 407 g/mol. The zero-order valence-corrected chi connectivity index (χ0v) is 16.3. The van der Waals surface area contributed by atoms with Gasteiger partial charge in [-0.2, -0.15) is 4.98 Å². The van der Waals surface area contributed by atoms with Crippen molar-refractivity contribution in [2.45, 2.75) is 18.6 Å². The van der Waals surface area contributed by atoms with Crippen LogP contribution in [0.2, 0.25) is 0 Å². The molecule has 10 heteroatoms. The molecular weight excluding hydrogens is 390 g/mol. The van der Waals surface area contributed by atoms with Crippen molar-refractivity contribution in [2.24, 2.45) is 0 Å². The summed E-state index contributed by atoms with van der Waals surface area (Å²) in [6, 6.07) is 11.6. The molecule has 1 amide bonds. The van der Waals surface area contributed by atoms with Gasteiger partial charge in [-0.15, -0.1) is 10.2 Å². The summed E-state index contributed by atoms with van der Waals surface area (Å²) < 4.78 is 7.02. The summed E-state index contributed by atoms with van der Waals surface area (Å²) in [4.78, 5) is 20.4. The quantitative estimate of drug-likeness (QED) is 0.465. The highest BCUT2D eigenvalue weighted by Crippen LogP contribution is 2.19. The number of hydrogen-bond donors (Lipinski definition) is 1. The maximum Gasteiger partial charge on any atom is 0.246 e. The SMILES string of the molecule is Cc1ccc(-n2cnnc2SCC(=O)NCc2nc(-c3ccncc3)no2)cc1. The number of carbonyl (C=O) groups is 1. The Kier molecular flexibility index (Phi) is 5.61. The molecule has 4 rings (SSSR count). The lowest BCUT2D eigenvalue weighted by molar-refractivity contribution is -0.118. The molecule has 0 aliphatic carbocycles. The number of rotatable bonds is 7. The molecule has 0 saturated carbocycles. The highest BCUT2D eigenvalue weighted by Gasteiger charge is 2.12. The number of benzene rings is 1. The Labute approximate surface area is 170 Å². The van der Waals surface area contributed by atoms with E-state index in [1.54, 1.807) is 30.9 Å². The van der Waals surface area contributed by atoms with Crippen LogP contribution in [0.1, 0.15) is 11.5 Å². The van der Waals surface area contributed by atoms with E-state index in [-0.39, 0.29) is 18.2 Å². The number of amides is 1. The average molecular weight is 407 g/mol. The fourth-order valence-electron chi connectivity index (χ4n) is 2.51. The fourth-order valence-corrected chi connectivity index (χ4v) is 3.26. The first-order chi connectivity index (χ1) is 14.2. The summed E-state index contributed by atoms with van der Waals surface area (Å²) in [5.41, 5.74) is 2.91. The Morgan fingerprint density at radius 2 is 1.97 bits per heavy atom. The molecule has 0 aliphatic rings. The fraction of sp³-hybridized carbons (Fsp3) is 0.158. The van der Waals surface area contributed by atoms with Crippen LogP contribution in [0.25, 0.3) is 17.1 Å². The van der Waals surface area contributed by atoms with E-state index in [1.807, 2.05) is 35.8 Å². The number of pyridine rings is 1. The molecular formula is C19H17N7O2S. The van der Waals surface area contributed by atoms with Crippen LogP contribution in [-0.2, 0) is 11.3 Å². The second kappa shape index (κ2) is 8.65. The Hall–Kier alpha value is -3.53. The van der Waals surface area contributed by atoms with E-state index in [1.165, 1.54) is 17.3 Å². The molecule has 1 N–H and O–H groups in total. The second-order valence-electron chi connectivity index (χ2n) is 6.13. The zero-order valence-electron chi connectivity index (χ0n) is 15.5. The average Bonchev–Trinajstić information content (AvgIpc) is 3.42. The number of carbonyl (C=O) groups excluding carboxylic acids is 1. The summed E-state index contributed by atoms with van der Waals surface area (Å²) in [5, 5.41) is 15.4. The lowest BCUT2D eigenvalue weighted by Gasteiger charge is -2.06. The lowest BCUT2D eigenvalue weighted by Crippen LogP contribution is -2.24. The van der Waals surface area contributed by atoms with Crippen LogP contribution in [0.3, 0.4) is 0 Å². The molecule has 0 aliphatic heterocycles. The van der Waals surface area contributed by atoms with Crippen molar-refractivity contribution >= 4 is 17.7 Å². The molecule has 0 atom stereocenters. The second-order valence-corrected chi connectivity index (χ2v) is 7.07. The molecule has 1 aromatic carbocycles. The van der Waals surface area contributed by atoms with Crippen molar-refractivity contribution in [2.75, 3.05) is 5.75 Å². The minimum atomic E-state index is -0.169. The van der Waals surface area contributed by atoms with Crippen LogP contribution >= 0.6 is 11.8 Å². The molecule has 9 nitrogen and oxygen atoms in total. The lowest BCUT2D eigenvalue weighted by atomic mass is 10.2. The van der Waals surface area contributed by atoms with Crippen LogP contribution in [0.15, 0.2) is 64.8 Å². The van der Waals surface area contributed by atoms with E-state index in [9.17, 15) is 4.79 Å². The highest BCUT2D eigenvalue weighted by atomic mass is 32.2. The molecule has 0 bridgehead atoms. The van der Waals surface area contributed by atoms with Gasteiger partial charge in [0.1, 0.15) is 6.33 Å². The van der Waals surface area contributed by atoms with Crippen LogP contribution in [0.5, 0.6) is 0 Å². The third-order valence-corrected chi connectivity index (χ3v) is 4.95. The first-order valence-electron chi connectivity index (χ1n) is 8.78. The van der Waals surface area contributed by atoms with Crippen molar-refractivity contribution in [1.29, 1.82) is 0 Å². The maximum atomic E-state index is 12.2. The summed E-state index contributed by atoms with van der Waals surface area (Å²) in [7, 11) is 0. The molecule has 29 heavy (non-hydrogen) atoms. The van der Waals surface area contributed by atoms with Crippen molar-refractivity contribution < 1.29 is 9.32 Å². The van der Waals surface area contributed by atoms with Gasteiger partial charge in [-0.3, -0.25) is 14.3 Å². The molecule has 0 unspecified atom stereocenters. The van der Waals surface area contributed by atoms with Crippen LogP contribution in [-0.4, -0.2) is 41.5 Å². The minimum absolute atomic E-state index is 0.155. The molecule has 146 valence electrons. The third kappa shape index (κ3) is 4.66. The number of hydrogen-bond acceptors (Lipinski definition) is 8. The smallest absolute Gasteiger partial charge is 0.246 e. The standard InChI is InChI=1S/C19H17N7O2S/c1-13-2-4-15(5-3-13)26-12-22-24-19(26)29-11-16(27)21-10-17-23-18(25-28-17)14-6-8-20-9-7-14/h2-9,12H,10-11H2,1H3,(H,21,27). The van der Waals surface area contributed by atoms with E-state index in [2.05, 4.69) is 30.6 Å². The van der Waals surface area contributed by atoms with Gasteiger partial charge in [-0.1, -0.05) is 34.6 Å². The van der Waals surface area contributed by atoms with Crippen molar-refractivity contribution in [3.8, 4) is 17.1 Å².